The molecule has 9 heteroatoms. The molecule has 1 N–H and O–H groups in total. The van der Waals surface area contributed by atoms with E-state index in [-0.39, 0.29) is 17.0 Å². The van der Waals surface area contributed by atoms with Gasteiger partial charge in [0.15, 0.2) is 10.9 Å². The molecule has 1 atom stereocenters. The SMILES string of the molecule is CCOc1ccc(C2/C(=C(\O)c3nc4c(C)cccn4c3C)C(=O)C(=O)N2c2nc3ccc(C)cc3s2)cc1. The molecule has 6 rings (SSSR count). The zero-order chi connectivity index (χ0) is 27.4. The summed E-state index contributed by atoms with van der Waals surface area (Å²) in [5, 5.41) is 12.0. The van der Waals surface area contributed by atoms with Crippen LogP contribution in [-0.2, 0) is 9.59 Å². The summed E-state index contributed by atoms with van der Waals surface area (Å²) in [6.45, 7) is 8.15. The predicted molar refractivity (Wildman–Crippen MR) is 151 cm³/mol. The van der Waals surface area contributed by atoms with Gasteiger partial charge in [0.05, 0.1) is 34.1 Å². The van der Waals surface area contributed by atoms with Gasteiger partial charge in [-0.3, -0.25) is 14.5 Å². The second kappa shape index (κ2) is 9.36. The van der Waals surface area contributed by atoms with Crippen LogP contribution in [0.4, 0.5) is 5.13 Å². The summed E-state index contributed by atoms with van der Waals surface area (Å²) in [4.78, 5) is 38.0. The van der Waals surface area contributed by atoms with Gasteiger partial charge in [0.2, 0.25) is 0 Å². The van der Waals surface area contributed by atoms with E-state index in [4.69, 9.17) is 9.72 Å². The minimum atomic E-state index is -0.896. The number of rotatable bonds is 5. The number of aryl methyl sites for hydroxylation is 3. The molecular weight excluding hydrogens is 512 g/mol. The number of carbonyl (C=O) groups is 2. The Labute approximate surface area is 228 Å². The number of benzene rings is 2. The van der Waals surface area contributed by atoms with Crippen LogP contribution >= 0.6 is 11.3 Å². The van der Waals surface area contributed by atoms with E-state index in [0.717, 1.165) is 21.3 Å². The standard InChI is InChI=1S/C30H26N4O4S/c1-5-38-20-11-9-19(10-12-20)25-23(26(35)24-18(4)33-14-6-7-17(3)28(33)32-24)27(36)29(37)34(25)30-31-21-13-8-16(2)15-22(21)39-30/h6-15,25,35H,5H2,1-4H3/b26-23+. The molecule has 0 bridgehead atoms. The summed E-state index contributed by atoms with van der Waals surface area (Å²) in [6, 6.07) is 16.0. The Morgan fingerprint density at radius 3 is 2.54 bits per heavy atom. The summed E-state index contributed by atoms with van der Waals surface area (Å²) in [5.74, 6) is -1.17. The Kier molecular flexibility index (Phi) is 5.95. The van der Waals surface area contributed by atoms with Crippen LogP contribution in [0.2, 0.25) is 0 Å². The summed E-state index contributed by atoms with van der Waals surface area (Å²) in [6.07, 6.45) is 1.85. The molecule has 5 aromatic rings. The first kappa shape index (κ1) is 24.8. The first-order valence-corrected chi connectivity index (χ1v) is 13.5. The van der Waals surface area contributed by atoms with Crippen LogP contribution in [0.25, 0.3) is 21.6 Å². The third-order valence-corrected chi connectivity index (χ3v) is 8.02. The van der Waals surface area contributed by atoms with E-state index in [2.05, 4.69) is 4.98 Å². The molecule has 2 aromatic carbocycles. The molecule has 8 nitrogen and oxygen atoms in total. The number of fused-ring (bicyclic) bond motifs is 2. The minimum Gasteiger partial charge on any atom is -0.505 e. The zero-order valence-corrected chi connectivity index (χ0v) is 22.7. The lowest BCUT2D eigenvalue weighted by Crippen LogP contribution is -2.29. The van der Waals surface area contributed by atoms with E-state index in [0.29, 0.717) is 34.4 Å². The molecular formula is C30H26N4O4S. The Morgan fingerprint density at radius 1 is 1.05 bits per heavy atom. The lowest BCUT2D eigenvalue weighted by atomic mass is 9.96. The lowest BCUT2D eigenvalue weighted by Gasteiger charge is -2.23. The maximum Gasteiger partial charge on any atom is 0.301 e. The molecule has 39 heavy (non-hydrogen) atoms. The fraction of sp³-hybridized carbons (Fsp3) is 0.200. The van der Waals surface area contributed by atoms with Crippen molar-refractivity contribution in [2.24, 2.45) is 0 Å². The molecule has 0 spiro atoms. The van der Waals surface area contributed by atoms with Gasteiger partial charge in [0.1, 0.15) is 17.1 Å². The van der Waals surface area contributed by atoms with E-state index in [9.17, 15) is 14.7 Å². The van der Waals surface area contributed by atoms with Gasteiger partial charge in [-0.15, -0.1) is 0 Å². The van der Waals surface area contributed by atoms with Gasteiger partial charge >= 0.3 is 5.91 Å². The highest BCUT2D eigenvalue weighted by molar-refractivity contribution is 7.22. The van der Waals surface area contributed by atoms with Crippen LogP contribution in [0.3, 0.4) is 0 Å². The summed E-state index contributed by atoms with van der Waals surface area (Å²) < 4.78 is 8.37. The highest BCUT2D eigenvalue weighted by Gasteiger charge is 2.48. The van der Waals surface area contributed by atoms with Crippen LogP contribution in [-0.4, -0.2) is 37.8 Å². The normalized spacial score (nSPS) is 17.0. The van der Waals surface area contributed by atoms with E-state index in [1.54, 1.807) is 24.3 Å². The van der Waals surface area contributed by atoms with Gasteiger partial charge in [-0.05, 0) is 74.7 Å². The van der Waals surface area contributed by atoms with E-state index >= 15 is 0 Å². The maximum absolute atomic E-state index is 13.6. The van der Waals surface area contributed by atoms with Gasteiger partial charge in [-0.1, -0.05) is 35.6 Å². The quantitative estimate of drug-likeness (QED) is 0.170. The van der Waals surface area contributed by atoms with Crippen LogP contribution in [0, 0.1) is 20.8 Å². The Hall–Kier alpha value is -4.50. The number of imidazole rings is 1. The Balaban J connectivity index is 1.57. The first-order chi connectivity index (χ1) is 18.8. The van der Waals surface area contributed by atoms with Crippen molar-refractivity contribution in [2.75, 3.05) is 11.5 Å². The van der Waals surface area contributed by atoms with Crippen LogP contribution in [0.15, 0.2) is 66.4 Å². The summed E-state index contributed by atoms with van der Waals surface area (Å²) >= 11 is 1.34. The molecule has 1 aliphatic rings. The molecule has 1 amide bonds. The van der Waals surface area contributed by atoms with Gasteiger partial charge in [-0.25, -0.2) is 9.97 Å². The first-order valence-electron chi connectivity index (χ1n) is 12.6. The fourth-order valence-corrected chi connectivity index (χ4v) is 6.15. The molecule has 0 saturated carbocycles. The molecule has 1 aliphatic heterocycles. The number of aliphatic hydroxyl groups excluding tert-OH is 1. The van der Waals surface area contributed by atoms with Crippen molar-refractivity contribution in [3.05, 3.63) is 94.4 Å². The topological polar surface area (TPSA) is 97.0 Å². The number of hydrogen-bond acceptors (Lipinski definition) is 7. The number of Topliss-reactive ketones (excluding diaryl/α,β-unsaturated/α-hetero) is 1. The number of anilines is 1. The summed E-state index contributed by atoms with van der Waals surface area (Å²) in [5.41, 5.74) is 4.95. The highest BCUT2D eigenvalue weighted by atomic mass is 32.1. The molecule has 1 fully saturated rings. The van der Waals surface area contributed by atoms with Gasteiger partial charge in [0, 0.05) is 6.20 Å². The number of nitrogens with zero attached hydrogens (tertiary/aromatic N) is 4. The number of ether oxygens (including phenoxy) is 1. The molecule has 196 valence electrons. The number of hydrogen-bond donors (Lipinski definition) is 1. The largest absolute Gasteiger partial charge is 0.505 e. The second-order valence-corrected chi connectivity index (χ2v) is 10.6. The lowest BCUT2D eigenvalue weighted by molar-refractivity contribution is -0.132. The van der Waals surface area contributed by atoms with Gasteiger partial charge < -0.3 is 14.2 Å². The van der Waals surface area contributed by atoms with Crippen molar-refractivity contribution in [1.29, 1.82) is 0 Å². The zero-order valence-electron chi connectivity index (χ0n) is 21.9. The van der Waals surface area contributed by atoms with Crippen molar-refractivity contribution in [3.8, 4) is 5.75 Å². The molecule has 4 heterocycles. The number of thiazole rings is 1. The summed E-state index contributed by atoms with van der Waals surface area (Å²) in [7, 11) is 0. The average molecular weight is 539 g/mol. The Morgan fingerprint density at radius 2 is 1.82 bits per heavy atom. The molecule has 3 aromatic heterocycles. The molecule has 1 saturated heterocycles. The number of carbonyl (C=O) groups excluding carboxylic acids is 2. The van der Waals surface area contributed by atoms with Crippen LogP contribution < -0.4 is 9.64 Å². The third kappa shape index (κ3) is 3.97. The van der Waals surface area contributed by atoms with Crippen molar-refractivity contribution >= 4 is 49.8 Å². The Bertz CT molecular complexity index is 1820. The second-order valence-electron chi connectivity index (χ2n) is 9.57. The number of ketones is 1. The molecule has 0 aliphatic carbocycles. The monoisotopic (exact) mass is 538 g/mol. The van der Waals surface area contributed by atoms with E-state index in [1.807, 2.05) is 68.6 Å². The van der Waals surface area contributed by atoms with E-state index < -0.39 is 17.7 Å². The fourth-order valence-electron chi connectivity index (χ4n) is 5.05. The smallest absolute Gasteiger partial charge is 0.301 e. The van der Waals surface area contributed by atoms with Crippen molar-refractivity contribution in [1.82, 2.24) is 14.4 Å². The number of amides is 1. The highest BCUT2D eigenvalue weighted by Crippen LogP contribution is 2.45. The average Bonchev–Trinajstić information content (AvgIpc) is 3.57. The maximum atomic E-state index is 13.6. The van der Waals surface area contributed by atoms with Gasteiger partial charge in [0.25, 0.3) is 5.78 Å². The molecule has 0 radical (unpaired) electrons. The number of aliphatic hydroxyl groups is 1. The minimum absolute atomic E-state index is 0.0243. The van der Waals surface area contributed by atoms with E-state index in [1.165, 1.54) is 16.2 Å². The van der Waals surface area contributed by atoms with Gasteiger partial charge in [-0.2, -0.15) is 0 Å². The van der Waals surface area contributed by atoms with Crippen molar-refractivity contribution in [3.63, 3.8) is 0 Å². The van der Waals surface area contributed by atoms with Crippen molar-refractivity contribution in [2.45, 2.75) is 33.7 Å². The van der Waals surface area contributed by atoms with Crippen LogP contribution in [0.5, 0.6) is 5.75 Å². The molecule has 1 unspecified atom stereocenters. The number of pyridine rings is 1. The predicted octanol–water partition coefficient (Wildman–Crippen LogP) is 5.89. The van der Waals surface area contributed by atoms with Crippen molar-refractivity contribution < 1.29 is 19.4 Å². The van der Waals surface area contributed by atoms with Crippen LogP contribution in [0.1, 0.15) is 41.0 Å². The number of aromatic nitrogens is 3. The third-order valence-electron chi connectivity index (χ3n) is 7.00.